The number of aromatic nitrogens is 4. The Hall–Kier alpha value is -2.51. The molecule has 2 aromatic rings. The van der Waals surface area contributed by atoms with Crippen molar-refractivity contribution in [1.29, 1.82) is 0 Å². The number of aliphatic carboxylic acids is 1. The Morgan fingerprint density at radius 3 is 2.71 bits per heavy atom. The molecule has 0 saturated carbocycles. The fraction of sp³-hybridized carbons (Fsp3) is 0.462. The second-order valence-corrected chi connectivity index (χ2v) is 5.13. The third kappa shape index (κ3) is 3.15. The Balaban J connectivity index is 2.12. The molecule has 2 aromatic heterocycles. The van der Waals surface area contributed by atoms with Crippen LogP contribution in [0, 0.1) is 18.8 Å². The number of rotatable bonds is 5. The van der Waals surface area contributed by atoms with Crippen LogP contribution in [0.1, 0.15) is 30.2 Å². The van der Waals surface area contributed by atoms with Crippen LogP contribution in [0.15, 0.2) is 12.3 Å². The van der Waals surface area contributed by atoms with E-state index in [4.69, 9.17) is 5.11 Å². The quantitative estimate of drug-likeness (QED) is 0.831. The Kier molecular flexibility index (Phi) is 4.15. The highest BCUT2D eigenvalue weighted by molar-refractivity contribution is 5.91. The van der Waals surface area contributed by atoms with E-state index in [1.54, 1.807) is 26.1 Å². The molecule has 112 valence electrons. The van der Waals surface area contributed by atoms with Crippen LogP contribution < -0.4 is 5.32 Å². The first-order valence-electron chi connectivity index (χ1n) is 6.59. The zero-order chi connectivity index (χ0) is 15.6. The lowest BCUT2D eigenvalue weighted by atomic mass is 9.96. The molecule has 0 bridgehead atoms. The van der Waals surface area contributed by atoms with Gasteiger partial charge in [0.2, 0.25) is 5.82 Å². The maximum absolute atomic E-state index is 12.0. The zero-order valence-corrected chi connectivity index (χ0v) is 12.1. The molecular formula is C13H17N5O3. The van der Waals surface area contributed by atoms with Crippen LogP contribution in [0.4, 0.5) is 0 Å². The van der Waals surface area contributed by atoms with Crippen LogP contribution in [0.5, 0.6) is 0 Å². The highest BCUT2D eigenvalue weighted by Crippen LogP contribution is 2.10. The molecule has 0 aliphatic rings. The Labute approximate surface area is 121 Å². The molecule has 8 nitrogen and oxygen atoms in total. The predicted octanol–water partition coefficient (Wildman–Crippen LogP) is 0.519. The number of carbonyl (C=O) groups is 2. The summed E-state index contributed by atoms with van der Waals surface area (Å²) in [5, 5.41) is 15.7. The third-order valence-electron chi connectivity index (χ3n) is 3.24. The van der Waals surface area contributed by atoms with E-state index in [2.05, 4.69) is 20.4 Å². The van der Waals surface area contributed by atoms with Gasteiger partial charge in [0.1, 0.15) is 0 Å². The van der Waals surface area contributed by atoms with Crippen molar-refractivity contribution in [1.82, 2.24) is 24.9 Å². The summed E-state index contributed by atoms with van der Waals surface area (Å²) in [6, 6.07) is 1.75. The number of fused-ring (bicyclic) bond motifs is 1. The van der Waals surface area contributed by atoms with E-state index in [0.29, 0.717) is 5.78 Å². The van der Waals surface area contributed by atoms with Crippen LogP contribution in [-0.2, 0) is 4.79 Å². The van der Waals surface area contributed by atoms with Gasteiger partial charge < -0.3 is 10.4 Å². The topological polar surface area (TPSA) is 109 Å². The maximum Gasteiger partial charge on any atom is 0.308 e. The third-order valence-corrected chi connectivity index (χ3v) is 3.24. The van der Waals surface area contributed by atoms with Crippen molar-refractivity contribution in [3.05, 3.63) is 23.8 Å². The fourth-order valence-electron chi connectivity index (χ4n) is 1.89. The van der Waals surface area contributed by atoms with Crippen molar-refractivity contribution in [2.45, 2.75) is 20.8 Å². The highest BCUT2D eigenvalue weighted by Gasteiger charge is 2.23. The van der Waals surface area contributed by atoms with Crippen LogP contribution in [-0.4, -0.2) is 43.1 Å². The van der Waals surface area contributed by atoms with E-state index in [1.165, 1.54) is 4.52 Å². The van der Waals surface area contributed by atoms with Crippen LogP contribution in [0.25, 0.3) is 5.78 Å². The number of hydrogen-bond acceptors (Lipinski definition) is 5. The SMILES string of the molecule is Cc1ccnc2nc(C(=O)NCC(C(=O)O)C(C)C)nn12. The second-order valence-electron chi connectivity index (χ2n) is 5.13. The Bertz CT molecular complexity index is 679. The van der Waals surface area contributed by atoms with Crippen LogP contribution >= 0.6 is 0 Å². The molecule has 0 fully saturated rings. The van der Waals surface area contributed by atoms with Gasteiger partial charge in [-0.2, -0.15) is 4.98 Å². The maximum atomic E-state index is 12.0. The summed E-state index contributed by atoms with van der Waals surface area (Å²) in [6.07, 6.45) is 1.58. The van der Waals surface area contributed by atoms with Gasteiger partial charge in [-0.1, -0.05) is 13.8 Å². The summed E-state index contributed by atoms with van der Waals surface area (Å²) in [7, 11) is 0. The predicted molar refractivity (Wildman–Crippen MR) is 73.8 cm³/mol. The lowest BCUT2D eigenvalue weighted by Crippen LogP contribution is -2.36. The smallest absolute Gasteiger partial charge is 0.308 e. The fourth-order valence-corrected chi connectivity index (χ4v) is 1.89. The lowest BCUT2D eigenvalue weighted by molar-refractivity contribution is -0.142. The number of amides is 1. The van der Waals surface area contributed by atoms with Gasteiger partial charge in [-0.05, 0) is 18.9 Å². The van der Waals surface area contributed by atoms with Crippen molar-refractivity contribution in [3.8, 4) is 0 Å². The first-order valence-corrected chi connectivity index (χ1v) is 6.59. The number of carboxylic acid groups (broad SMARTS) is 1. The minimum Gasteiger partial charge on any atom is -0.481 e. The molecule has 1 amide bonds. The Morgan fingerprint density at radius 1 is 1.43 bits per heavy atom. The molecule has 2 N–H and O–H groups in total. The molecular weight excluding hydrogens is 274 g/mol. The van der Waals surface area contributed by atoms with Gasteiger partial charge in [0.15, 0.2) is 0 Å². The standard InChI is InChI=1S/C13H17N5O3/c1-7(2)9(12(20)21)6-15-11(19)10-16-13-14-5-4-8(3)18(13)17-10/h4-5,7,9H,6H2,1-3H3,(H,15,19)(H,20,21). The van der Waals surface area contributed by atoms with Gasteiger partial charge in [0.05, 0.1) is 5.92 Å². The molecule has 21 heavy (non-hydrogen) atoms. The molecule has 1 atom stereocenters. The molecule has 0 spiro atoms. The number of nitrogens with zero attached hydrogens (tertiary/aromatic N) is 4. The largest absolute Gasteiger partial charge is 0.481 e. The average molecular weight is 291 g/mol. The number of aryl methyl sites for hydroxylation is 1. The van der Waals surface area contributed by atoms with Crippen molar-refractivity contribution in [2.24, 2.45) is 11.8 Å². The summed E-state index contributed by atoms with van der Waals surface area (Å²) >= 11 is 0. The molecule has 0 aromatic carbocycles. The first-order chi connectivity index (χ1) is 9.90. The first kappa shape index (κ1) is 14.9. The van der Waals surface area contributed by atoms with Crippen LogP contribution in [0.2, 0.25) is 0 Å². The normalized spacial score (nSPS) is 12.6. The summed E-state index contributed by atoms with van der Waals surface area (Å²) in [5.74, 6) is -1.87. The molecule has 0 radical (unpaired) electrons. The van der Waals surface area contributed by atoms with E-state index in [0.717, 1.165) is 5.69 Å². The molecule has 8 heteroatoms. The number of hydrogen-bond donors (Lipinski definition) is 2. The van der Waals surface area contributed by atoms with Gasteiger partial charge in [-0.15, -0.1) is 5.10 Å². The van der Waals surface area contributed by atoms with Crippen molar-refractivity contribution in [3.63, 3.8) is 0 Å². The average Bonchev–Trinajstić information content (AvgIpc) is 2.83. The van der Waals surface area contributed by atoms with Crippen molar-refractivity contribution < 1.29 is 14.7 Å². The molecule has 2 heterocycles. The van der Waals surface area contributed by atoms with E-state index in [-0.39, 0.29) is 18.3 Å². The van der Waals surface area contributed by atoms with E-state index in [9.17, 15) is 9.59 Å². The van der Waals surface area contributed by atoms with E-state index < -0.39 is 17.8 Å². The minimum atomic E-state index is -0.939. The minimum absolute atomic E-state index is 0.0234. The zero-order valence-electron chi connectivity index (χ0n) is 12.1. The van der Waals surface area contributed by atoms with E-state index in [1.807, 2.05) is 6.92 Å². The summed E-state index contributed by atoms with van der Waals surface area (Å²) < 4.78 is 1.46. The summed E-state index contributed by atoms with van der Waals surface area (Å²) in [4.78, 5) is 31.1. The van der Waals surface area contributed by atoms with E-state index >= 15 is 0 Å². The number of carboxylic acids is 1. The van der Waals surface area contributed by atoms with Gasteiger partial charge in [-0.3, -0.25) is 9.59 Å². The second kappa shape index (κ2) is 5.86. The van der Waals surface area contributed by atoms with Crippen LogP contribution in [0.3, 0.4) is 0 Å². The molecule has 1 unspecified atom stereocenters. The molecule has 2 rings (SSSR count). The highest BCUT2D eigenvalue weighted by atomic mass is 16.4. The number of nitrogens with one attached hydrogen (secondary N) is 1. The summed E-state index contributed by atoms with van der Waals surface area (Å²) in [5.41, 5.74) is 0.803. The van der Waals surface area contributed by atoms with Gasteiger partial charge >= 0.3 is 5.97 Å². The Morgan fingerprint density at radius 2 is 2.14 bits per heavy atom. The number of carbonyl (C=O) groups excluding carboxylic acids is 1. The van der Waals surface area contributed by atoms with Crippen molar-refractivity contribution in [2.75, 3.05) is 6.54 Å². The van der Waals surface area contributed by atoms with Gasteiger partial charge in [0.25, 0.3) is 11.7 Å². The molecule has 0 aliphatic carbocycles. The molecule has 0 aliphatic heterocycles. The molecule has 0 saturated heterocycles. The lowest BCUT2D eigenvalue weighted by Gasteiger charge is -2.15. The van der Waals surface area contributed by atoms with Gasteiger partial charge in [-0.25, -0.2) is 9.50 Å². The van der Waals surface area contributed by atoms with Gasteiger partial charge in [0, 0.05) is 18.4 Å². The monoisotopic (exact) mass is 291 g/mol. The van der Waals surface area contributed by atoms with Crippen molar-refractivity contribution >= 4 is 17.7 Å². The summed E-state index contributed by atoms with van der Waals surface area (Å²) in [6.45, 7) is 5.45.